The smallest absolute Gasteiger partial charge is 0.143 e. The monoisotopic (exact) mass is 267 g/mol. The molecule has 2 aromatic carbocycles. The van der Waals surface area contributed by atoms with Crippen LogP contribution in [0.15, 0.2) is 42.5 Å². The summed E-state index contributed by atoms with van der Waals surface area (Å²) in [6, 6.07) is 15.1. The van der Waals surface area contributed by atoms with Gasteiger partial charge in [0.2, 0.25) is 0 Å². The third-order valence-electron chi connectivity index (χ3n) is 3.77. The standard InChI is InChI=1S/C18H21NO/c1-4-13-5-7-14(8-6-13)15-9-10-17-16(11-15)19-12-18(2,3)20-17/h5-11,19H,4,12H2,1-3H3. The van der Waals surface area contributed by atoms with E-state index in [1.165, 1.54) is 16.7 Å². The van der Waals surface area contributed by atoms with E-state index in [1.807, 2.05) is 0 Å². The van der Waals surface area contributed by atoms with Gasteiger partial charge in [-0.3, -0.25) is 0 Å². The second kappa shape index (κ2) is 4.86. The lowest BCUT2D eigenvalue weighted by atomic mass is 10.0. The van der Waals surface area contributed by atoms with E-state index in [2.05, 4.69) is 68.6 Å². The van der Waals surface area contributed by atoms with Crippen molar-refractivity contribution in [1.82, 2.24) is 0 Å². The first-order valence-corrected chi connectivity index (χ1v) is 7.24. The molecule has 104 valence electrons. The summed E-state index contributed by atoms with van der Waals surface area (Å²) >= 11 is 0. The highest BCUT2D eigenvalue weighted by atomic mass is 16.5. The topological polar surface area (TPSA) is 21.3 Å². The van der Waals surface area contributed by atoms with Crippen molar-refractivity contribution >= 4 is 5.69 Å². The Hall–Kier alpha value is -1.96. The van der Waals surface area contributed by atoms with Crippen molar-refractivity contribution in [2.24, 2.45) is 0 Å². The Morgan fingerprint density at radius 1 is 1.05 bits per heavy atom. The lowest BCUT2D eigenvalue weighted by molar-refractivity contribution is 0.116. The first-order valence-electron chi connectivity index (χ1n) is 7.24. The number of aryl methyl sites for hydroxylation is 1. The van der Waals surface area contributed by atoms with Crippen LogP contribution in [0, 0.1) is 0 Å². The Morgan fingerprint density at radius 2 is 1.75 bits per heavy atom. The molecule has 1 heterocycles. The zero-order chi connectivity index (χ0) is 14.2. The van der Waals surface area contributed by atoms with E-state index < -0.39 is 0 Å². The SMILES string of the molecule is CCc1ccc(-c2ccc3c(c2)NCC(C)(C)O3)cc1. The third kappa shape index (κ3) is 2.51. The fourth-order valence-electron chi connectivity index (χ4n) is 2.51. The fraction of sp³-hybridized carbons (Fsp3) is 0.333. The molecule has 0 saturated heterocycles. The quantitative estimate of drug-likeness (QED) is 0.865. The Bertz CT molecular complexity index is 614. The molecule has 0 aliphatic carbocycles. The van der Waals surface area contributed by atoms with Gasteiger partial charge in [-0.15, -0.1) is 0 Å². The van der Waals surface area contributed by atoms with Crippen molar-refractivity contribution in [3.63, 3.8) is 0 Å². The van der Waals surface area contributed by atoms with Gasteiger partial charge in [-0.05, 0) is 49.1 Å². The Kier molecular flexibility index (Phi) is 3.17. The average molecular weight is 267 g/mol. The molecule has 0 bridgehead atoms. The van der Waals surface area contributed by atoms with E-state index in [4.69, 9.17) is 4.74 Å². The number of nitrogens with one attached hydrogen (secondary N) is 1. The number of benzene rings is 2. The zero-order valence-electron chi connectivity index (χ0n) is 12.4. The van der Waals surface area contributed by atoms with Crippen LogP contribution in [0.5, 0.6) is 5.75 Å². The third-order valence-corrected chi connectivity index (χ3v) is 3.77. The van der Waals surface area contributed by atoms with Gasteiger partial charge >= 0.3 is 0 Å². The van der Waals surface area contributed by atoms with Crippen LogP contribution in [0.25, 0.3) is 11.1 Å². The van der Waals surface area contributed by atoms with Gasteiger partial charge in [0, 0.05) is 0 Å². The van der Waals surface area contributed by atoms with Crippen LogP contribution in [0.2, 0.25) is 0 Å². The average Bonchev–Trinajstić information content (AvgIpc) is 2.46. The molecule has 0 atom stereocenters. The predicted molar refractivity (Wildman–Crippen MR) is 84.5 cm³/mol. The summed E-state index contributed by atoms with van der Waals surface area (Å²) in [6.45, 7) is 7.20. The summed E-state index contributed by atoms with van der Waals surface area (Å²) in [4.78, 5) is 0. The van der Waals surface area contributed by atoms with E-state index in [-0.39, 0.29) is 5.60 Å². The van der Waals surface area contributed by atoms with Gasteiger partial charge in [-0.2, -0.15) is 0 Å². The largest absolute Gasteiger partial charge is 0.484 e. The molecule has 0 fully saturated rings. The number of ether oxygens (including phenoxy) is 1. The van der Waals surface area contributed by atoms with Crippen LogP contribution < -0.4 is 10.1 Å². The minimum atomic E-state index is -0.142. The molecule has 0 amide bonds. The van der Waals surface area contributed by atoms with Crippen LogP contribution >= 0.6 is 0 Å². The molecule has 20 heavy (non-hydrogen) atoms. The molecule has 2 aromatic rings. The first-order chi connectivity index (χ1) is 9.57. The maximum atomic E-state index is 5.98. The summed E-state index contributed by atoms with van der Waals surface area (Å²) in [5.74, 6) is 0.940. The number of rotatable bonds is 2. The molecule has 0 unspecified atom stereocenters. The summed E-state index contributed by atoms with van der Waals surface area (Å²) in [5.41, 5.74) is 4.78. The zero-order valence-corrected chi connectivity index (χ0v) is 12.4. The van der Waals surface area contributed by atoms with Gasteiger partial charge in [0.15, 0.2) is 0 Å². The van der Waals surface area contributed by atoms with E-state index in [0.717, 1.165) is 24.4 Å². The summed E-state index contributed by atoms with van der Waals surface area (Å²) < 4.78 is 5.98. The van der Waals surface area contributed by atoms with Gasteiger partial charge in [-0.25, -0.2) is 0 Å². The normalized spacial score (nSPS) is 15.9. The van der Waals surface area contributed by atoms with Crippen LogP contribution in [0.1, 0.15) is 26.3 Å². The highest BCUT2D eigenvalue weighted by molar-refractivity contribution is 5.72. The van der Waals surface area contributed by atoms with E-state index in [0.29, 0.717) is 0 Å². The van der Waals surface area contributed by atoms with Crippen molar-refractivity contribution in [3.8, 4) is 16.9 Å². The molecule has 1 N–H and O–H groups in total. The number of hydrogen-bond acceptors (Lipinski definition) is 2. The van der Waals surface area contributed by atoms with Crippen molar-refractivity contribution in [2.75, 3.05) is 11.9 Å². The molecule has 2 nitrogen and oxygen atoms in total. The molecule has 0 aromatic heterocycles. The minimum Gasteiger partial charge on any atom is -0.484 e. The van der Waals surface area contributed by atoms with Gasteiger partial charge < -0.3 is 10.1 Å². The molecule has 0 radical (unpaired) electrons. The van der Waals surface area contributed by atoms with Crippen LogP contribution in [0.4, 0.5) is 5.69 Å². The molecule has 1 aliphatic rings. The number of fused-ring (bicyclic) bond motifs is 1. The van der Waals surface area contributed by atoms with Gasteiger partial charge in [0.05, 0.1) is 12.2 Å². The van der Waals surface area contributed by atoms with Crippen LogP contribution in [0.3, 0.4) is 0 Å². The van der Waals surface area contributed by atoms with Crippen molar-refractivity contribution in [1.29, 1.82) is 0 Å². The highest BCUT2D eigenvalue weighted by Crippen LogP contribution is 2.36. The van der Waals surface area contributed by atoms with Gasteiger partial charge in [0.1, 0.15) is 11.4 Å². The first kappa shape index (κ1) is 13.0. The van der Waals surface area contributed by atoms with Gasteiger partial charge in [0.25, 0.3) is 0 Å². The maximum Gasteiger partial charge on any atom is 0.143 e. The Labute approximate surface area is 120 Å². The van der Waals surface area contributed by atoms with Crippen LogP contribution in [-0.2, 0) is 6.42 Å². The second-order valence-corrected chi connectivity index (χ2v) is 5.98. The second-order valence-electron chi connectivity index (χ2n) is 5.98. The molecule has 0 saturated carbocycles. The summed E-state index contributed by atoms with van der Waals surface area (Å²) in [5, 5.41) is 3.46. The molecule has 3 rings (SSSR count). The lowest BCUT2D eigenvalue weighted by Gasteiger charge is -2.33. The van der Waals surface area contributed by atoms with Crippen molar-refractivity contribution in [2.45, 2.75) is 32.8 Å². The minimum absolute atomic E-state index is 0.142. The van der Waals surface area contributed by atoms with Crippen LogP contribution in [-0.4, -0.2) is 12.1 Å². The van der Waals surface area contributed by atoms with Crippen molar-refractivity contribution in [3.05, 3.63) is 48.0 Å². The Balaban J connectivity index is 1.92. The van der Waals surface area contributed by atoms with E-state index in [1.54, 1.807) is 0 Å². The highest BCUT2D eigenvalue weighted by Gasteiger charge is 2.26. The van der Waals surface area contributed by atoms with Crippen molar-refractivity contribution < 1.29 is 4.74 Å². The van der Waals surface area contributed by atoms with E-state index >= 15 is 0 Å². The maximum absolute atomic E-state index is 5.98. The molecule has 1 aliphatic heterocycles. The molecular weight excluding hydrogens is 246 g/mol. The molecule has 0 spiro atoms. The predicted octanol–water partition coefficient (Wildman–Crippen LogP) is 4.50. The van der Waals surface area contributed by atoms with Gasteiger partial charge in [-0.1, -0.05) is 37.3 Å². The fourth-order valence-corrected chi connectivity index (χ4v) is 2.51. The number of anilines is 1. The molecular formula is C18H21NO. The van der Waals surface area contributed by atoms with E-state index in [9.17, 15) is 0 Å². The number of hydrogen-bond donors (Lipinski definition) is 1. The lowest BCUT2D eigenvalue weighted by Crippen LogP contribution is -2.39. The Morgan fingerprint density at radius 3 is 2.45 bits per heavy atom. The molecule has 2 heteroatoms. The summed E-state index contributed by atoms with van der Waals surface area (Å²) in [7, 11) is 0. The summed E-state index contributed by atoms with van der Waals surface area (Å²) in [6.07, 6.45) is 1.08.